The molecule has 3 aromatic rings. The van der Waals surface area contributed by atoms with Crippen LogP contribution in [0, 0.1) is 0 Å². The van der Waals surface area contributed by atoms with Crippen molar-refractivity contribution >= 4 is 27.9 Å². The number of hydrogen-bond acceptors (Lipinski definition) is 4. The molecule has 0 spiro atoms. The van der Waals surface area contributed by atoms with Gasteiger partial charge in [0.1, 0.15) is 0 Å². The highest BCUT2D eigenvalue weighted by molar-refractivity contribution is 9.10. The Bertz CT molecular complexity index is 1010. The Morgan fingerprint density at radius 3 is 2.55 bits per heavy atom. The molecular formula is C25H26BrN3O2. The maximum absolute atomic E-state index is 13.1. The minimum Gasteiger partial charge on any atom is -0.339 e. The molecule has 160 valence electrons. The van der Waals surface area contributed by atoms with Gasteiger partial charge in [0.05, 0.1) is 0 Å². The highest BCUT2D eigenvalue weighted by Crippen LogP contribution is 2.24. The van der Waals surface area contributed by atoms with Crippen molar-refractivity contribution in [3.8, 4) is 11.4 Å². The zero-order chi connectivity index (χ0) is 21.5. The van der Waals surface area contributed by atoms with Crippen molar-refractivity contribution in [2.24, 2.45) is 0 Å². The SMILES string of the molecule is O=C(C=Cc1ccccc1)N(CCc1nc(-c2ccc(Br)cc2)no1)C1CCCCC1. The first-order valence-electron chi connectivity index (χ1n) is 10.8. The van der Waals surface area contributed by atoms with Crippen molar-refractivity contribution in [2.45, 2.75) is 44.6 Å². The van der Waals surface area contributed by atoms with Gasteiger partial charge in [-0.3, -0.25) is 4.79 Å². The van der Waals surface area contributed by atoms with Gasteiger partial charge in [0, 0.05) is 35.1 Å². The summed E-state index contributed by atoms with van der Waals surface area (Å²) in [5, 5.41) is 4.11. The molecule has 2 aromatic carbocycles. The van der Waals surface area contributed by atoms with E-state index in [2.05, 4.69) is 26.1 Å². The number of amides is 1. The molecule has 1 saturated carbocycles. The van der Waals surface area contributed by atoms with Crippen LogP contribution in [0.1, 0.15) is 43.6 Å². The average Bonchev–Trinajstić information content (AvgIpc) is 3.29. The van der Waals surface area contributed by atoms with Crippen LogP contribution < -0.4 is 0 Å². The molecule has 31 heavy (non-hydrogen) atoms. The zero-order valence-corrected chi connectivity index (χ0v) is 19.0. The van der Waals surface area contributed by atoms with Crippen molar-refractivity contribution in [3.05, 3.63) is 76.6 Å². The van der Waals surface area contributed by atoms with Crippen molar-refractivity contribution in [1.82, 2.24) is 15.0 Å². The van der Waals surface area contributed by atoms with Crippen LogP contribution in [0.4, 0.5) is 0 Å². The van der Waals surface area contributed by atoms with Gasteiger partial charge in [-0.2, -0.15) is 4.98 Å². The number of aromatic nitrogens is 2. The molecule has 1 amide bonds. The summed E-state index contributed by atoms with van der Waals surface area (Å²) in [7, 11) is 0. The number of halogens is 1. The van der Waals surface area contributed by atoms with Gasteiger partial charge in [0.15, 0.2) is 0 Å². The van der Waals surface area contributed by atoms with Gasteiger partial charge < -0.3 is 9.42 Å². The Morgan fingerprint density at radius 2 is 1.81 bits per heavy atom. The van der Waals surface area contributed by atoms with Crippen molar-refractivity contribution in [3.63, 3.8) is 0 Å². The highest BCUT2D eigenvalue weighted by atomic mass is 79.9. The molecular weight excluding hydrogens is 454 g/mol. The lowest BCUT2D eigenvalue weighted by Crippen LogP contribution is -2.41. The van der Waals surface area contributed by atoms with Gasteiger partial charge in [-0.1, -0.05) is 70.7 Å². The van der Waals surface area contributed by atoms with Gasteiger partial charge in [-0.15, -0.1) is 0 Å². The Kier molecular flexibility index (Phi) is 7.30. The van der Waals surface area contributed by atoms with Crippen molar-refractivity contribution in [2.75, 3.05) is 6.54 Å². The van der Waals surface area contributed by atoms with Crippen molar-refractivity contribution < 1.29 is 9.32 Å². The van der Waals surface area contributed by atoms with E-state index in [1.165, 1.54) is 19.3 Å². The summed E-state index contributed by atoms with van der Waals surface area (Å²) in [6.07, 6.45) is 9.82. The van der Waals surface area contributed by atoms with Crippen LogP contribution in [0.25, 0.3) is 17.5 Å². The van der Waals surface area contributed by atoms with Crippen LogP contribution in [0.5, 0.6) is 0 Å². The quantitative estimate of drug-likeness (QED) is 0.394. The number of carbonyl (C=O) groups excluding carboxylic acids is 1. The second-order valence-electron chi connectivity index (χ2n) is 7.84. The first-order chi connectivity index (χ1) is 15.2. The molecule has 6 heteroatoms. The van der Waals surface area contributed by atoms with E-state index in [0.29, 0.717) is 24.7 Å². The summed E-state index contributed by atoms with van der Waals surface area (Å²) in [6.45, 7) is 0.574. The molecule has 1 aliphatic carbocycles. The predicted molar refractivity (Wildman–Crippen MR) is 125 cm³/mol. The highest BCUT2D eigenvalue weighted by Gasteiger charge is 2.24. The summed E-state index contributed by atoms with van der Waals surface area (Å²) in [4.78, 5) is 19.6. The van der Waals surface area contributed by atoms with E-state index in [-0.39, 0.29) is 11.9 Å². The third-order valence-electron chi connectivity index (χ3n) is 5.65. The minimum absolute atomic E-state index is 0.0448. The van der Waals surface area contributed by atoms with E-state index in [9.17, 15) is 4.79 Å². The Hall–Kier alpha value is -2.73. The number of rotatable bonds is 7. The van der Waals surface area contributed by atoms with Crippen LogP contribution in [-0.4, -0.2) is 33.5 Å². The first-order valence-corrected chi connectivity index (χ1v) is 11.6. The van der Waals surface area contributed by atoms with Gasteiger partial charge >= 0.3 is 0 Å². The Morgan fingerprint density at radius 1 is 1.06 bits per heavy atom. The molecule has 1 fully saturated rings. The molecule has 0 bridgehead atoms. The normalized spacial score (nSPS) is 14.7. The average molecular weight is 480 g/mol. The first kappa shape index (κ1) is 21.5. The largest absolute Gasteiger partial charge is 0.339 e. The molecule has 0 radical (unpaired) electrons. The summed E-state index contributed by atoms with van der Waals surface area (Å²) in [6, 6.07) is 18.0. The molecule has 0 atom stereocenters. The zero-order valence-electron chi connectivity index (χ0n) is 17.4. The summed E-state index contributed by atoms with van der Waals surface area (Å²) in [5.41, 5.74) is 1.93. The van der Waals surface area contributed by atoms with E-state index in [4.69, 9.17) is 4.52 Å². The van der Waals surface area contributed by atoms with E-state index in [1.807, 2.05) is 65.6 Å². The Balaban J connectivity index is 1.44. The van der Waals surface area contributed by atoms with Crippen LogP contribution >= 0.6 is 15.9 Å². The van der Waals surface area contributed by atoms with E-state index >= 15 is 0 Å². The van der Waals surface area contributed by atoms with Crippen LogP contribution in [0.3, 0.4) is 0 Å². The second kappa shape index (κ2) is 10.5. The molecule has 1 aliphatic rings. The summed E-state index contributed by atoms with van der Waals surface area (Å²) in [5.74, 6) is 1.17. The van der Waals surface area contributed by atoms with Crippen LogP contribution in [0.15, 0.2) is 69.7 Å². The lowest BCUT2D eigenvalue weighted by Gasteiger charge is -2.33. The fourth-order valence-electron chi connectivity index (χ4n) is 3.98. The molecule has 1 heterocycles. The van der Waals surface area contributed by atoms with E-state index in [0.717, 1.165) is 28.4 Å². The molecule has 0 N–H and O–H groups in total. The lowest BCUT2D eigenvalue weighted by molar-refractivity contribution is -0.128. The third-order valence-corrected chi connectivity index (χ3v) is 6.18. The molecule has 0 unspecified atom stereocenters. The second-order valence-corrected chi connectivity index (χ2v) is 8.75. The maximum atomic E-state index is 13.1. The molecule has 0 saturated heterocycles. The smallest absolute Gasteiger partial charge is 0.246 e. The van der Waals surface area contributed by atoms with Gasteiger partial charge in [-0.25, -0.2) is 0 Å². The van der Waals surface area contributed by atoms with Gasteiger partial charge in [0.25, 0.3) is 0 Å². The van der Waals surface area contributed by atoms with Crippen LogP contribution in [-0.2, 0) is 11.2 Å². The van der Waals surface area contributed by atoms with Gasteiger partial charge in [-0.05, 0) is 48.7 Å². The standard InChI is InChI=1S/C25H26BrN3O2/c26-21-14-12-20(13-15-21)25-27-23(31-28-25)17-18-29(22-9-5-2-6-10-22)24(30)16-11-19-7-3-1-4-8-19/h1,3-4,7-8,11-16,22H,2,5-6,9-10,17-18H2. The number of hydrogen-bond donors (Lipinski definition) is 0. The number of carbonyl (C=O) groups is 1. The molecule has 1 aromatic heterocycles. The predicted octanol–water partition coefficient (Wildman–Crippen LogP) is 5.92. The minimum atomic E-state index is 0.0448. The molecule has 5 nitrogen and oxygen atoms in total. The molecule has 0 aliphatic heterocycles. The number of nitrogens with zero attached hydrogens (tertiary/aromatic N) is 3. The van der Waals surface area contributed by atoms with Gasteiger partial charge in [0.2, 0.25) is 17.6 Å². The van der Waals surface area contributed by atoms with E-state index < -0.39 is 0 Å². The monoisotopic (exact) mass is 479 g/mol. The number of benzene rings is 2. The Labute approximate surface area is 191 Å². The third kappa shape index (κ3) is 5.91. The summed E-state index contributed by atoms with van der Waals surface area (Å²) >= 11 is 3.44. The summed E-state index contributed by atoms with van der Waals surface area (Å²) < 4.78 is 6.47. The maximum Gasteiger partial charge on any atom is 0.246 e. The van der Waals surface area contributed by atoms with E-state index in [1.54, 1.807) is 6.08 Å². The fourth-order valence-corrected chi connectivity index (χ4v) is 4.25. The lowest BCUT2D eigenvalue weighted by atomic mass is 9.94. The fraction of sp³-hybridized carbons (Fsp3) is 0.320. The van der Waals surface area contributed by atoms with Crippen LogP contribution in [0.2, 0.25) is 0 Å². The molecule has 4 rings (SSSR count). The van der Waals surface area contributed by atoms with Crippen molar-refractivity contribution in [1.29, 1.82) is 0 Å². The topological polar surface area (TPSA) is 59.2 Å².